The standard InChI is InChI=1S/C3H3N3.C2H3N3/c1-2-4-6-5-3-1;1-2-4-5-3-1/h1-3H;1-2H,(H,3,4,5). The predicted octanol–water partition coefficient (Wildman–Crippen LogP) is -0.324. The molecule has 0 bridgehead atoms. The lowest BCUT2D eigenvalue weighted by Crippen LogP contribution is -1.78. The Kier molecular flexibility index (Phi) is 3.28. The molecule has 0 unspecified atom stereocenters. The second-order valence-electron chi connectivity index (χ2n) is 1.47. The normalized spacial score (nSPS) is 8.00. The van der Waals surface area contributed by atoms with Crippen LogP contribution in [0.4, 0.5) is 0 Å². The maximum Gasteiger partial charge on any atom is 0.0690 e. The van der Waals surface area contributed by atoms with Gasteiger partial charge in [0.05, 0.1) is 24.8 Å². The molecule has 11 heavy (non-hydrogen) atoms. The Morgan fingerprint density at radius 1 is 0.818 bits per heavy atom. The van der Waals surface area contributed by atoms with Crippen LogP contribution in [0.5, 0.6) is 0 Å². The van der Waals surface area contributed by atoms with Crippen LogP contribution in [-0.2, 0) is 0 Å². The first-order valence-corrected chi connectivity index (χ1v) is 2.88. The summed E-state index contributed by atoms with van der Waals surface area (Å²) in [6.45, 7) is 0. The fourth-order valence-electron chi connectivity index (χ4n) is 0.372. The molecule has 0 spiro atoms. The largest absolute Gasteiger partial charge is 0.198 e. The van der Waals surface area contributed by atoms with Crippen molar-refractivity contribution >= 4 is 0 Å². The number of H-pyrrole nitrogens is 1. The number of nitrogens with one attached hydrogen (secondary N) is 1. The molecule has 6 nitrogen and oxygen atoms in total. The first kappa shape index (κ1) is 7.26. The topological polar surface area (TPSA) is 80.2 Å². The smallest absolute Gasteiger partial charge is 0.0690 e. The zero-order valence-corrected chi connectivity index (χ0v) is 5.62. The predicted molar refractivity (Wildman–Crippen MR) is 36.2 cm³/mol. The molecule has 56 valence electrons. The van der Waals surface area contributed by atoms with E-state index in [4.69, 9.17) is 0 Å². The first-order valence-electron chi connectivity index (χ1n) is 2.88. The molecular formula is C5H6N6. The minimum absolute atomic E-state index is 1.58. The van der Waals surface area contributed by atoms with E-state index in [0.29, 0.717) is 0 Å². The zero-order valence-electron chi connectivity index (χ0n) is 5.62. The zero-order chi connectivity index (χ0) is 7.78. The van der Waals surface area contributed by atoms with Gasteiger partial charge in [-0.25, -0.2) is 0 Å². The Morgan fingerprint density at radius 3 is 1.64 bits per heavy atom. The van der Waals surface area contributed by atoms with Gasteiger partial charge in [0.1, 0.15) is 0 Å². The summed E-state index contributed by atoms with van der Waals surface area (Å²) in [6.07, 6.45) is 6.32. The van der Waals surface area contributed by atoms with Crippen LogP contribution in [0.1, 0.15) is 0 Å². The SMILES string of the molecule is c1cn[nH]n1.c1cnnnc1. The molecule has 0 aromatic carbocycles. The number of aromatic nitrogens is 6. The van der Waals surface area contributed by atoms with Crippen LogP contribution < -0.4 is 0 Å². The molecule has 0 saturated heterocycles. The molecule has 0 atom stereocenters. The highest BCUT2D eigenvalue weighted by molar-refractivity contribution is 4.69. The van der Waals surface area contributed by atoms with Gasteiger partial charge >= 0.3 is 0 Å². The fourth-order valence-corrected chi connectivity index (χ4v) is 0.372. The number of nitrogens with zero attached hydrogens (tertiary/aromatic N) is 5. The van der Waals surface area contributed by atoms with E-state index in [-0.39, 0.29) is 0 Å². The summed E-state index contributed by atoms with van der Waals surface area (Å²) in [5, 5.41) is 19.5. The van der Waals surface area contributed by atoms with E-state index in [1.165, 1.54) is 0 Å². The monoisotopic (exact) mass is 150 g/mol. The maximum atomic E-state index is 3.49. The van der Waals surface area contributed by atoms with Crippen molar-refractivity contribution in [2.75, 3.05) is 0 Å². The second-order valence-corrected chi connectivity index (χ2v) is 1.47. The Bertz CT molecular complexity index is 197. The Labute approximate surface area is 62.7 Å². The van der Waals surface area contributed by atoms with Crippen LogP contribution in [0.15, 0.2) is 30.9 Å². The van der Waals surface area contributed by atoms with Crippen molar-refractivity contribution in [3.05, 3.63) is 30.9 Å². The van der Waals surface area contributed by atoms with Crippen molar-refractivity contribution in [1.82, 2.24) is 30.8 Å². The third-order valence-electron chi connectivity index (χ3n) is 0.740. The first-order chi connectivity index (χ1) is 5.50. The molecule has 2 aromatic rings. The summed E-state index contributed by atoms with van der Waals surface area (Å²) in [7, 11) is 0. The summed E-state index contributed by atoms with van der Waals surface area (Å²) in [5.74, 6) is 0. The minimum Gasteiger partial charge on any atom is -0.198 e. The molecule has 0 amide bonds. The number of hydrogen-bond donors (Lipinski definition) is 1. The summed E-state index contributed by atoms with van der Waals surface area (Å²) < 4.78 is 0. The Morgan fingerprint density at radius 2 is 1.45 bits per heavy atom. The van der Waals surface area contributed by atoms with E-state index in [2.05, 4.69) is 30.8 Å². The molecule has 2 rings (SSSR count). The molecular weight excluding hydrogens is 144 g/mol. The van der Waals surface area contributed by atoms with Crippen molar-refractivity contribution in [3.8, 4) is 0 Å². The third-order valence-corrected chi connectivity index (χ3v) is 0.740. The molecule has 0 aliphatic heterocycles. The minimum atomic E-state index is 1.58. The van der Waals surface area contributed by atoms with Crippen molar-refractivity contribution < 1.29 is 0 Å². The maximum absolute atomic E-state index is 3.49. The lowest BCUT2D eigenvalue weighted by molar-refractivity contribution is 0.865. The van der Waals surface area contributed by atoms with Crippen LogP contribution >= 0.6 is 0 Å². The van der Waals surface area contributed by atoms with Crippen LogP contribution in [0, 0.1) is 0 Å². The van der Waals surface area contributed by atoms with Gasteiger partial charge in [-0.05, 0) is 11.3 Å². The van der Waals surface area contributed by atoms with E-state index in [1.807, 2.05) is 0 Å². The highest BCUT2D eigenvalue weighted by Crippen LogP contribution is 1.61. The van der Waals surface area contributed by atoms with Gasteiger partial charge < -0.3 is 0 Å². The number of rotatable bonds is 0. The van der Waals surface area contributed by atoms with E-state index in [9.17, 15) is 0 Å². The van der Waals surface area contributed by atoms with E-state index >= 15 is 0 Å². The summed E-state index contributed by atoms with van der Waals surface area (Å²) in [4.78, 5) is 0. The van der Waals surface area contributed by atoms with E-state index < -0.39 is 0 Å². The molecule has 6 heteroatoms. The Hall–Kier alpha value is -1.85. The van der Waals surface area contributed by atoms with Gasteiger partial charge in [-0.3, -0.25) is 0 Å². The van der Waals surface area contributed by atoms with Crippen molar-refractivity contribution in [2.24, 2.45) is 0 Å². The van der Waals surface area contributed by atoms with Crippen molar-refractivity contribution in [2.45, 2.75) is 0 Å². The summed E-state index contributed by atoms with van der Waals surface area (Å²) in [6, 6.07) is 1.72. The van der Waals surface area contributed by atoms with Crippen LogP contribution in [0.25, 0.3) is 0 Å². The molecule has 0 radical (unpaired) electrons. The molecule has 2 aromatic heterocycles. The van der Waals surface area contributed by atoms with Gasteiger partial charge in [-0.1, -0.05) is 0 Å². The van der Waals surface area contributed by atoms with Gasteiger partial charge in [0, 0.05) is 0 Å². The highest BCUT2D eigenvalue weighted by Gasteiger charge is 1.60. The number of hydrogen-bond acceptors (Lipinski definition) is 5. The molecule has 1 N–H and O–H groups in total. The van der Waals surface area contributed by atoms with Crippen molar-refractivity contribution in [1.29, 1.82) is 0 Å². The van der Waals surface area contributed by atoms with Gasteiger partial charge in [0.2, 0.25) is 0 Å². The molecule has 0 saturated carbocycles. The molecule has 0 aliphatic rings. The third kappa shape index (κ3) is 3.68. The van der Waals surface area contributed by atoms with Gasteiger partial charge in [-0.15, -0.1) is 10.2 Å². The van der Waals surface area contributed by atoms with Crippen molar-refractivity contribution in [3.63, 3.8) is 0 Å². The molecule has 2 heterocycles. The van der Waals surface area contributed by atoms with Gasteiger partial charge in [0.15, 0.2) is 0 Å². The van der Waals surface area contributed by atoms with Crippen LogP contribution in [0.2, 0.25) is 0 Å². The average Bonchev–Trinajstić information content (AvgIpc) is 2.64. The molecule has 0 aliphatic carbocycles. The second kappa shape index (κ2) is 4.98. The quantitative estimate of drug-likeness (QED) is 0.556. The van der Waals surface area contributed by atoms with Crippen LogP contribution in [-0.4, -0.2) is 30.8 Å². The summed E-state index contributed by atoms with van der Waals surface area (Å²) >= 11 is 0. The Balaban J connectivity index is 0.000000112. The van der Waals surface area contributed by atoms with Crippen LogP contribution in [0.3, 0.4) is 0 Å². The van der Waals surface area contributed by atoms with E-state index in [1.54, 1.807) is 30.9 Å². The lowest BCUT2D eigenvalue weighted by Gasteiger charge is -1.68. The fraction of sp³-hybridized carbons (Fsp3) is 0. The number of aromatic amines is 1. The van der Waals surface area contributed by atoms with E-state index in [0.717, 1.165) is 0 Å². The lowest BCUT2D eigenvalue weighted by atomic mass is 10.7. The summed E-state index contributed by atoms with van der Waals surface area (Å²) in [5.41, 5.74) is 0. The highest BCUT2D eigenvalue weighted by atomic mass is 15.3. The van der Waals surface area contributed by atoms with Gasteiger partial charge in [0.25, 0.3) is 0 Å². The average molecular weight is 150 g/mol. The van der Waals surface area contributed by atoms with Gasteiger partial charge in [-0.2, -0.15) is 15.4 Å². The molecule has 0 fully saturated rings.